The topological polar surface area (TPSA) is 76.1 Å². The van der Waals surface area contributed by atoms with Crippen LogP contribution in [0.2, 0.25) is 0 Å². The van der Waals surface area contributed by atoms with Gasteiger partial charge in [0.05, 0.1) is 5.75 Å². The molecule has 1 amide bonds. The molecule has 1 rings (SSSR count). The molecule has 0 saturated heterocycles. The van der Waals surface area contributed by atoms with Crippen molar-refractivity contribution in [3.63, 3.8) is 0 Å². The minimum absolute atomic E-state index is 0.114. The summed E-state index contributed by atoms with van der Waals surface area (Å²) in [6, 6.07) is 3.31. The molecule has 0 aliphatic rings. The van der Waals surface area contributed by atoms with Gasteiger partial charge in [0, 0.05) is 34.6 Å². The van der Waals surface area contributed by atoms with Crippen molar-refractivity contribution in [3.05, 3.63) is 24.0 Å². The Kier molecular flexibility index (Phi) is 5.23. The lowest BCUT2D eigenvalue weighted by molar-refractivity contribution is 0.0958. The Hall–Kier alpha value is -0.790. The first kappa shape index (κ1) is 14.3. The maximum absolute atomic E-state index is 11.3. The van der Waals surface area contributed by atoms with E-state index in [1.807, 2.05) is 0 Å². The summed E-state index contributed by atoms with van der Waals surface area (Å²) in [5.41, 5.74) is 0.297. The minimum atomic E-state index is -3.47. The van der Waals surface area contributed by atoms with Gasteiger partial charge in [-0.05, 0) is 12.1 Å². The van der Waals surface area contributed by atoms with E-state index in [1.54, 1.807) is 12.1 Å². The van der Waals surface area contributed by atoms with Crippen LogP contribution in [0.15, 0.2) is 23.2 Å². The minimum Gasteiger partial charge on any atom is -0.354 e. The van der Waals surface area contributed by atoms with Crippen LogP contribution in [0.4, 0.5) is 0 Å². The molecule has 0 saturated carbocycles. The van der Waals surface area contributed by atoms with Gasteiger partial charge < -0.3 is 5.32 Å². The number of nitrogens with zero attached hydrogens (tertiary/aromatic N) is 1. The fraction of sp³-hybridized carbons (Fsp3) is 0.333. The fourth-order valence-corrected chi connectivity index (χ4v) is 3.30. The zero-order chi connectivity index (χ0) is 12.9. The lowest BCUT2D eigenvalue weighted by Crippen LogP contribution is -2.19. The van der Waals surface area contributed by atoms with Crippen LogP contribution < -0.4 is 5.32 Å². The number of hydrogen-bond donors (Lipinski definition) is 1. The largest absolute Gasteiger partial charge is 0.354 e. The first-order valence-electron chi connectivity index (χ1n) is 4.65. The second-order valence-electron chi connectivity index (χ2n) is 3.05. The highest BCUT2D eigenvalue weighted by molar-refractivity contribution is 8.14. The van der Waals surface area contributed by atoms with Crippen LogP contribution in [0.5, 0.6) is 0 Å². The number of carbonyl (C=O) groups is 1. The monoisotopic (exact) mass is 294 g/mol. The van der Waals surface area contributed by atoms with Crippen molar-refractivity contribution >= 4 is 37.4 Å². The van der Waals surface area contributed by atoms with Crippen molar-refractivity contribution in [1.82, 2.24) is 10.3 Å². The number of rotatable bonds is 5. The van der Waals surface area contributed by atoms with Crippen LogP contribution in [-0.4, -0.2) is 37.9 Å². The van der Waals surface area contributed by atoms with E-state index in [-0.39, 0.29) is 11.7 Å². The number of hydrogen-bond acceptors (Lipinski definition) is 5. The Bertz CT molecular complexity index is 505. The molecule has 1 aromatic heterocycles. The van der Waals surface area contributed by atoms with Crippen LogP contribution in [0.3, 0.4) is 0 Å². The first-order chi connectivity index (χ1) is 7.92. The molecule has 0 atom stereocenters. The number of thioether (sulfide) groups is 1. The summed E-state index contributed by atoms with van der Waals surface area (Å²) in [5.74, 6) is -0.0581. The molecule has 1 aromatic rings. The predicted octanol–water partition coefficient (Wildman–Crippen LogP) is 1.10. The van der Waals surface area contributed by atoms with Gasteiger partial charge in [-0.3, -0.25) is 9.78 Å². The molecule has 0 unspecified atom stereocenters. The van der Waals surface area contributed by atoms with E-state index in [0.717, 1.165) is 4.90 Å². The summed E-state index contributed by atoms with van der Waals surface area (Å²) in [4.78, 5) is 16.0. The Labute approximate surface area is 108 Å². The van der Waals surface area contributed by atoms with E-state index < -0.39 is 9.05 Å². The third-order valence-corrected chi connectivity index (χ3v) is 4.20. The number of aromatic nitrogens is 1. The van der Waals surface area contributed by atoms with E-state index in [0.29, 0.717) is 11.4 Å². The molecule has 0 spiro atoms. The molecule has 94 valence electrons. The van der Waals surface area contributed by atoms with Crippen molar-refractivity contribution in [2.75, 3.05) is 18.6 Å². The average molecular weight is 295 g/mol. The second kappa shape index (κ2) is 6.23. The van der Waals surface area contributed by atoms with Gasteiger partial charge in [0.1, 0.15) is 5.69 Å². The van der Waals surface area contributed by atoms with Crippen LogP contribution in [0.25, 0.3) is 0 Å². The zero-order valence-electron chi connectivity index (χ0n) is 9.01. The van der Waals surface area contributed by atoms with E-state index in [9.17, 15) is 13.2 Å². The molecular weight excluding hydrogens is 284 g/mol. The lowest BCUT2D eigenvalue weighted by Gasteiger charge is -2.02. The van der Waals surface area contributed by atoms with Crippen LogP contribution in [0, 0.1) is 0 Å². The van der Waals surface area contributed by atoms with Crippen molar-refractivity contribution in [3.8, 4) is 0 Å². The van der Waals surface area contributed by atoms with Crippen molar-refractivity contribution in [2.45, 2.75) is 4.90 Å². The summed E-state index contributed by atoms with van der Waals surface area (Å²) in [6.45, 7) is 0. The smallest absolute Gasteiger partial charge is 0.269 e. The molecule has 0 aromatic carbocycles. The van der Waals surface area contributed by atoms with Crippen molar-refractivity contribution in [1.29, 1.82) is 0 Å². The number of nitrogens with one attached hydrogen (secondary N) is 1. The van der Waals surface area contributed by atoms with Gasteiger partial charge >= 0.3 is 0 Å². The molecule has 8 heteroatoms. The summed E-state index contributed by atoms with van der Waals surface area (Å²) in [6.07, 6.45) is 1.50. The predicted molar refractivity (Wildman–Crippen MR) is 68.0 cm³/mol. The van der Waals surface area contributed by atoms with Gasteiger partial charge in [0.25, 0.3) is 5.91 Å². The second-order valence-corrected chi connectivity index (χ2v) is 7.11. The molecule has 0 bridgehead atoms. The standard InChI is InChI=1S/C9H11ClN2O3S2/c1-11-9(13)8-6-7(2-3-12-8)16-4-5-17(10,14)15/h2-3,6H,4-5H2,1H3,(H,11,13). The SMILES string of the molecule is CNC(=O)c1cc(SCCS(=O)(=O)Cl)ccn1. The highest BCUT2D eigenvalue weighted by Crippen LogP contribution is 2.18. The molecule has 0 aliphatic heterocycles. The fourth-order valence-electron chi connectivity index (χ4n) is 1.01. The number of carbonyl (C=O) groups excluding carboxylic acids is 1. The van der Waals surface area contributed by atoms with Crippen molar-refractivity contribution < 1.29 is 13.2 Å². The van der Waals surface area contributed by atoms with E-state index in [4.69, 9.17) is 10.7 Å². The lowest BCUT2D eigenvalue weighted by atomic mass is 10.3. The number of pyridine rings is 1. The molecular formula is C9H11ClN2O3S2. The Morgan fingerprint density at radius 3 is 2.88 bits per heavy atom. The van der Waals surface area contributed by atoms with E-state index in [1.165, 1.54) is 25.0 Å². The van der Waals surface area contributed by atoms with Crippen LogP contribution in [0.1, 0.15) is 10.5 Å². The summed E-state index contributed by atoms with van der Waals surface area (Å²) in [7, 11) is 3.13. The summed E-state index contributed by atoms with van der Waals surface area (Å²) < 4.78 is 21.4. The highest BCUT2D eigenvalue weighted by Gasteiger charge is 2.08. The van der Waals surface area contributed by atoms with Gasteiger partial charge in [0.15, 0.2) is 0 Å². The molecule has 0 fully saturated rings. The normalized spacial score (nSPS) is 11.2. The van der Waals surface area contributed by atoms with Gasteiger partial charge in [-0.1, -0.05) is 0 Å². The quantitative estimate of drug-likeness (QED) is 0.650. The Morgan fingerprint density at radius 1 is 1.59 bits per heavy atom. The third-order valence-electron chi connectivity index (χ3n) is 1.79. The Morgan fingerprint density at radius 2 is 2.29 bits per heavy atom. The average Bonchev–Trinajstić information content (AvgIpc) is 2.27. The third kappa shape index (κ3) is 5.38. The van der Waals surface area contributed by atoms with E-state index >= 15 is 0 Å². The van der Waals surface area contributed by atoms with Gasteiger partial charge in [-0.15, -0.1) is 11.8 Å². The molecule has 5 nitrogen and oxygen atoms in total. The molecule has 17 heavy (non-hydrogen) atoms. The van der Waals surface area contributed by atoms with Crippen LogP contribution >= 0.6 is 22.4 Å². The zero-order valence-corrected chi connectivity index (χ0v) is 11.4. The Balaban J connectivity index is 2.63. The first-order valence-corrected chi connectivity index (χ1v) is 8.12. The molecule has 0 radical (unpaired) electrons. The number of amides is 1. The van der Waals surface area contributed by atoms with Crippen LogP contribution in [-0.2, 0) is 9.05 Å². The molecule has 1 heterocycles. The highest BCUT2D eigenvalue weighted by atomic mass is 35.7. The summed E-state index contributed by atoms with van der Waals surface area (Å²) >= 11 is 1.31. The van der Waals surface area contributed by atoms with Gasteiger partial charge in [-0.25, -0.2) is 8.42 Å². The molecule has 1 N–H and O–H groups in total. The summed E-state index contributed by atoms with van der Waals surface area (Å²) in [5, 5.41) is 2.46. The maximum Gasteiger partial charge on any atom is 0.269 e. The van der Waals surface area contributed by atoms with Gasteiger partial charge in [-0.2, -0.15) is 0 Å². The van der Waals surface area contributed by atoms with Crippen molar-refractivity contribution in [2.24, 2.45) is 0 Å². The molecule has 0 aliphatic carbocycles. The number of halogens is 1. The van der Waals surface area contributed by atoms with Gasteiger partial charge in [0.2, 0.25) is 9.05 Å². The van der Waals surface area contributed by atoms with E-state index in [2.05, 4.69) is 10.3 Å². The maximum atomic E-state index is 11.3.